The topological polar surface area (TPSA) is 52.1 Å². The van der Waals surface area contributed by atoms with Crippen molar-refractivity contribution in [2.45, 2.75) is 72.6 Å². The first-order chi connectivity index (χ1) is 10.2. The quantitative estimate of drug-likeness (QED) is 0.534. The molecular weight excluding hydrogens is 264 g/mol. The molecule has 0 saturated heterocycles. The molecule has 0 spiro atoms. The van der Waals surface area contributed by atoms with Gasteiger partial charge in [-0.3, -0.25) is 14.8 Å². The molecular formula is C17H30N2O2. The van der Waals surface area contributed by atoms with Gasteiger partial charge in [-0.2, -0.15) is 0 Å². The second-order valence-corrected chi connectivity index (χ2v) is 4.83. The van der Waals surface area contributed by atoms with E-state index in [0.29, 0.717) is 13.0 Å². The monoisotopic (exact) mass is 294 g/mol. The van der Waals surface area contributed by atoms with Gasteiger partial charge >= 0.3 is 5.97 Å². The summed E-state index contributed by atoms with van der Waals surface area (Å²) in [5.74, 6) is -0.0414. The smallest absolute Gasteiger partial charge is 0.305 e. The van der Waals surface area contributed by atoms with Crippen LogP contribution in [0.2, 0.25) is 0 Å². The number of aryl methyl sites for hydroxylation is 2. The third kappa shape index (κ3) is 9.99. The fourth-order valence-corrected chi connectivity index (χ4v) is 1.71. The standard InChI is InChI=1S/C9H18O2.C8H12N2/c1-3-5-7-9(10)11-8-6-4-2;1-3-7-8(4-2)10-6-5-9-7/h3-8H2,1-2H3;5-6H,3-4H2,1-2H3. The number of nitrogens with zero attached hydrogens (tertiary/aromatic N) is 2. The Morgan fingerprint density at radius 2 is 1.48 bits per heavy atom. The summed E-state index contributed by atoms with van der Waals surface area (Å²) in [6, 6.07) is 0. The average Bonchev–Trinajstić information content (AvgIpc) is 2.53. The van der Waals surface area contributed by atoms with Crippen molar-refractivity contribution < 1.29 is 9.53 Å². The zero-order chi connectivity index (χ0) is 15.9. The van der Waals surface area contributed by atoms with E-state index < -0.39 is 0 Å². The number of aromatic nitrogens is 2. The van der Waals surface area contributed by atoms with E-state index in [1.807, 2.05) is 0 Å². The zero-order valence-electron chi connectivity index (χ0n) is 14.0. The van der Waals surface area contributed by atoms with Gasteiger partial charge in [0, 0.05) is 18.8 Å². The Morgan fingerprint density at radius 1 is 0.952 bits per heavy atom. The van der Waals surface area contributed by atoms with Gasteiger partial charge in [-0.05, 0) is 25.7 Å². The number of hydrogen-bond donors (Lipinski definition) is 0. The molecule has 4 nitrogen and oxygen atoms in total. The highest BCUT2D eigenvalue weighted by Crippen LogP contribution is 2.01. The summed E-state index contributed by atoms with van der Waals surface area (Å²) in [6.07, 6.45) is 10.1. The molecule has 0 N–H and O–H groups in total. The number of carbonyl (C=O) groups excluding carboxylic acids is 1. The van der Waals surface area contributed by atoms with E-state index in [0.717, 1.165) is 49.9 Å². The first kappa shape index (κ1) is 19.6. The summed E-state index contributed by atoms with van der Waals surface area (Å²) in [6.45, 7) is 8.95. The van der Waals surface area contributed by atoms with Crippen molar-refractivity contribution in [3.05, 3.63) is 23.8 Å². The molecule has 120 valence electrons. The van der Waals surface area contributed by atoms with Gasteiger partial charge in [0.25, 0.3) is 0 Å². The summed E-state index contributed by atoms with van der Waals surface area (Å²) in [5.41, 5.74) is 2.26. The van der Waals surface area contributed by atoms with Gasteiger partial charge in [0.15, 0.2) is 0 Å². The number of unbranched alkanes of at least 4 members (excludes halogenated alkanes) is 2. The maximum absolute atomic E-state index is 10.9. The summed E-state index contributed by atoms with van der Waals surface area (Å²) in [7, 11) is 0. The van der Waals surface area contributed by atoms with Crippen molar-refractivity contribution >= 4 is 5.97 Å². The van der Waals surface area contributed by atoms with E-state index in [2.05, 4.69) is 37.7 Å². The number of carbonyl (C=O) groups is 1. The maximum atomic E-state index is 10.9. The third-order valence-electron chi connectivity index (χ3n) is 3.03. The van der Waals surface area contributed by atoms with Gasteiger partial charge in [-0.15, -0.1) is 0 Å². The van der Waals surface area contributed by atoms with Crippen LogP contribution in [0.1, 0.15) is 71.2 Å². The molecule has 0 aliphatic carbocycles. The van der Waals surface area contributed by atoms with Crippen molar-refractivity contribution in [3.8, 4) is 0 Å². The van der Waals surface area contributed by atoms with Crippen LogP contribution in [0.25, 0.3) is 0 Å². The van der Waals surface area contributed by atoms with Crippen molar-refractivity contribution in [1.29, 1.82) is 0 Å². The van der Waals surface area contributed by atoms with Gasteiger partial charge in [0.1, 0.15) is 0 Å². The van der Waals surface area contributed by atoms with Crippen LogP contribution in [0.3, 0.4) is 0 Å². The van der Waals surface area contributed by atoms with Crippen LogP contribution in [0, 0.1) is 0 Å². The predicted molar refractivity (Wildman–Crippen MR) is 86.2 cm³/mol. The molecule has 0 aliphatic rings. The van der Waals surface area contributed by atoms with Gasteiger partial charge in [-0.25, -0.2) is 0 Å². The molecule has 0 amide bonds. The van der Waals surface area contributed by atoms with Crippen LogP contribution in [0.15, 0.2) is 12.4 Å². The molecule has 0 radical (unpaired) electrons. The van der Waals surface area contributed by atoms with E-state index in [4.69, 9.17) is 4.74 Å². The number of rotatable bonds is 8. The largest absolute Gasteiger partial charge is 0.466 e. The van der Waals surface area contributed by atoms with E-state index in [9.17, 15) is 4.79 Å². The minimum atomic E-state index is -0.0414. The van der Waals surface area contributed by atoms with Gasteiger partial charge < -0.3 is 4.74 Å². The van der Waals surface area contributed by atoms with Crippen molar-refractivity contribution in [1.82, 2.24) is 9.97 Å². The Hall–Kier alpha value is -1.45. The van der Waals surface area contributed by atoms with E-state index in [1.54, 1.807) is 12.4 Å². The van der Waals surface area contributed by atoms with Crippen LogP contribution in [0.5, 0.6) is 0 Å². The Morgan fingerprint density at radius 3 is 1.90 bits per heavy atom. The second-order valence-electron chi connectivity index (χ2n) is 4.83. The van der Waals surface area contributed by atoms with E-state index >= 15 is 0 Å². The molecule has 21 heavy (non-hydrogen) atoms. The van der Waals surface area contributed by atoms with E-state index in [-0.39, 0.29) is 5.97 Å². The Kier molecular flexibility index (Phi) is 12.6. The number of hydrogen-bond acceptors (Lipinski definition) is 4. The Bertz CT molecular complexity index is 358. The summed E-state index contributed by atoms with van der Waals surface area (Å²) in [5, 5.41) is 0. The van der Waals surface area contributed by atoms with Crippen molar-refractivity contribution in [2.75, 3.05) is 6.61 Å². The normalized spacial score (nSPS) is 9.71. The predicted octanol–water partition coefficient (Wildman–Crippen LogP) is 4.12. The maximum Gasteiger partial charge on any atom is 0.305 e. The van der Waals surface area contributed by atoms with E-state index in [1.165, 1.54) is 0 Å². The molecule has 0 saturated carbocycles. The Labute approximate surface area is 129 Å². The minimum absolute atomic E-state index is 0.0414. The number of ether oxygens (including phenoxy) is 1. The van der Waals surface area contributed by atoms with Gasteiger partial charge in [0.2, 0.25) is 0 Å². The molecule has 0 bridgehead atoms. The summed E-state index contributed by atoms with van der Waals surface area (Å²) < 4.78 is 4.95. The average molecular weight is 294 g/mol. The molecule has 0 aromatic carbocycles. The van der Waals surface area contributed by atoms with Crippen LogP contribution >= 0.6 is 0 Å². The fraction of sp³-hybridized carbons (Fsp3) is 0.706. The SMILES string of the molecule is CCCCOC(=O)CCCC.CCc1nccnc1CC. The highest BCUT2D eigenvalue weighted by Gasteiger charge is 1.99. The van der Waals surface area contributed by atoms with Crippen LogP contribution in [-0.2, 0) is 22.4 Å². The summed E-state index contributed by atoms with van der Waals surface area (Å²) >= 11 is 0. The van der Waals surface area contributed by atoms with Gasteiger partial charge in [0.05, 0.1) is 18.0 Å². The Balaban J connectivity index is 0.000000382. The third-order valence-corrected chi connectivity index (χ3v) is 3.03. The molecule has 0 aliphatic heterocycles. The highest BCUT2D eigenvalue weighted by molar-refractivity contribution is 5.69. The van der Waals surface area contributed by atoms with Crippen molar-refractivity contribution in [3.63, 3.8) is 0 Å². The first-order valence-electron chi connectivity index (χ1n) is 8.13. The molecule has 1 rings (SSSR count). The molecule has 1 aromatic rings. The summed E-state index contributed by atoms with van der Waals surface area (Å²) in [4.78, 5) is 19.3. The lowest BCUT2D eigenvalue weighted by Crippen LogP contribution is -2.04. The van der Waals surface area contributed by atoms with Crippen LogP contribution in [0.4, 0.5) is 0 Å². The molecule has 1 heterocycles. The second kappa shape index (κ2) is 13.5. The first-order valence-corrected chi connectivity index (χ1v) is 8.13. The zero-order valence-corrected chi connectivity index (χ0v) is 14.0. The van der Waals surface area contributed by atoms with Crippen LogP contribution in [-0.4, -0.2) is 22.5 Å². The molecule has 0 unspecified atom stereocenters. The lowest BCUT2D eigenvalue weighted by atomic mass is 10.2. The molecule has 0 atom stereocenters. The minimum Gasteiger partial charge on any atom is -0.466 e. The highest BCUT2D eigenvalue weighted by atomic mass is 16.5. The molecule has 1 aromatic heterocycles. The fourth-order valence-electron chi connectivity index (χ4n) is 1.71. The number of esters is 1. The lowest BCUT2D eigenvalue weighted by molar-refractivity contribution is -0.143. The van der Waals surface area contributed by atoms with Crippen molar-refractivity contribution in [2.24, 2.45) is 0 Å². The molecule has 0 fully saturated rings. The van der Waals surface area contributed by atoms with Gasteiger partial charge in [-0.1, -0.05) is 40.5 Å². The molecule has 4 heteroatoms. The lowest BCUT2D eigenvalue weighted by Gasteiger charge is -2.01. The van der Waals surface area contributed by atoms with Crippen LogP contribution < -0.4 is 0 Å².